The molecular weight excluding hydrogens is 338 g/mol. The Morgan fingerprint density at radius 2 is 1.88 bits per heavy atom. The van der Waals surface area contributed by atoms with Crippen LogP contribution in [0.5, 0.6) is 0 Å². The Bertz CT molecular complexity index is 822. The summed E-state index contributed by atoms with van der Waals surface area (Å²) in [5, 5.41) is 3.23. The lowest BCUT2D eigenvalue weighted by molar-refractivity contribution is 0.551. The Kier molecular flexibility index (Phi) is 4.63. The predicted molar refractivity (Wildman–Crippen MR) is 86.5 cm³/mol. The summed E-state index contributed by atoms with van der Waals surface area (Å²) in [7, 11) is -4.15. The molecule has 0 radical (unpaired) electrons. The average Bonchev–Trinajstić information content (AvgIpc) is 2.55. The van der Waals surface area contributed by atoms with Crippen molar-refractivity contribution in [1.29, 1.82) is 0 Å². The van der Waals surface area contributed by atoms with E-state index in [1.54, 1.807) is 12.1 Å². The maximum atomic E-state index is 13.7. The Morgan fingerprint density at radius 1 is 1.12 bits per heavy atom. The van der Waals surface area contributed by atoms with Gasteiger partial charge in [0, 0.05) is 32.2 Å². The Hall–Kier alpha value is -2.26. The lowest BCUT2D eigenvalue weighted by Crippen LogP contribution is -2.43. The fraction of sp³-hybridized carbons (Fsp3) is 0.267. The maximum Gasteiger partial charge on any atom is 0.264 e. The van der Waals surface area contributed by atoms with E-state index in [2.05, 4.69) is 19.9 Å². The van der Waals surface area contributed by atoms with Gasteiger partial charge in [0.2, 0.25) is 0 Å². The van der Waals surface area contributed by atoms with Gasteiger partial charge < -0.3 is 10.2 Å². The number of halogens is 2. The van der Waals surface area contributed by atoms with Gasteiger partial charge in [0.25, 0.3) is 10.0 Å². The van der Waals surface area contributed by atoms with Gasteiger partial charge in [-0.3, -0.25) is 4.72 Å². The number of benzene rings is 1. The molecule has 0 atom stereocenters. The number of nitrogens with zero attached hydrogens (tertiary/aromatic N) is 2. The first-order chi connectivity index (χ1) is 11.5. The standard InChI is InChI=1S/C15H16F2N4O2S/c16-11-1-3-14(13(17)9-11)24(22,23)20-12-2-4-15(19-10-12)21-7-5-18-6-8-21/h1-4,9-10,18,20H,5-8H2. The van der Waals surface area contributed by atoms with Crippen LogP contribution in [-0.2, 0) is 10.0 Å². The normalized spacial score (nSPS) is 15.3. The summed E-state index contributed by atoms with van der Waals surface area (Å²) < 4.78 is 53.2. The summed E-state index contributed by atoms with van der Waals surface area (Å²) in [5.74, 6) is -1.24. The van der Waals surface area contributed by atoms with Crippen LogP contribution in [0.15, 0.2) is 41.4 Å². The molecule has 1 saturated heterocycles. The van der Waals surface area contributed by atoms with Crippen LogP contribution < -0.4 is 14.9 Å². The first-order valence-electron chi connectivity index (χ1n) is 7.35. The first-order valence-corrected chi connectivity index (χ1v) is 8.84. The van der Waals surface area contributed by atoms with Crippen molar-refractivity contribution >= 4 is 21.5 Å². The minimum Gasteiger partial charge on any atom is -0.354 e. The molecule has 1 aliphatic heterocycles. The molecule has 2 N–H and O–H groups in total. The van der Waals surface area contributed by atoms with Gasteiger partial charge in [0.15, 0.2) is 0 Å². The number of rotatable bonds is 4. The quantitative estimate of drug-likeness (QED) is 0.872. The zero-order chi connectivity index (χ0) is 17.2. The molecule has 0 spiro atoms. The number of piperazine rings is 1. The molecular formula is C15H16F2N4O2S. The van der Waals surface area contributed by atoms with E-state index in [4.69, 9.17) is 0 Å². The molecule has 2 heterocycles. The van der Waals surface area contributed by atoms with Gasteiger partial charge >= 0.3 is 0 Å². The van der Waals surface area contributed by atoms with Crippen LogP contribution in [-0.4, -0.2) is 39.6 Å². The van der Waals surface area contributed by atoms with E-state index < -0.39 is 26.6 Å². The lowest BCUT2D eigenvalue weighted by Gasteiger charge is -2.28. The molecule has 2 aromatic rings. The van der Waals surface area contributed by atoms with Gasteiger partial charge in [0.05, 0.1) is 11.9 Å². The fourth-order valence-corrected chi connectivity index (χ4v) is 3.53. The van der Waals surface area contributed by atoms with Crippen molar-refractivity contribution in [2.45, 2.75) is 4.90 Å². The monoisotopic (exact) mass is 354 g/mol. The molecule has 1 aromatic carbocycles. The highest BCUT2D eigenvalue weighted by Crippen LogP contribution is 2.21. The van der Waals surface area contributed by atoms with Gasteiger partial charge in [-0.05, 0) is 24.3 Å². The number of anilines is 2. The van der Waals surface area contributed by atoms with Gasteiger partial charge in [-0.1, -0.05) is 0 Å². The van der Waals surface area contributed by atoms with E-state index in [1.165, 1.54) is 6.20 Å². The third-order valence-electron chi connectivity index (χ3n) is 3.62. The van der Waals surface area contributed by atoms with Gasteiger partial charge in [-0.2, -0.15) is 0 Å². The average molecular weight is 354 g/mol. The topological polar surface area (TPSA) is 74.3 Å². The number of hydrogen-bond acceptors (Lipinski definition) is 5. The highest BCUT2D eigenvalue weighted by Gasteiger charge is 2.20. The van der Waals surface area contributed by atoms with Crippen LogP contribution in [0.4, 0.5) is 20.3 Å². The van der Waals surface area contributed by atoms with E-state index in [-0.39, 0.29) is 5.69 Å². The highest BCUT2D eigenvalue weighted by molar-refractivity contribution is 7.92. The molecule has 24 heavy (non-hydrogen) atoms. The van der Waals surface area contributed by atoms with Crippen molar-refractivity contribution in [2.24, 2.45) is 0 Å². The summed E-state index contributed by atoms with van der Waals surface area (Å²) in [5.41, 5.74) is 0.206. The van der Waals surface area contributed by atoms with Crippen molar-refractivity contribution in [2.75, 3.05) is 35.8 Å². The molecule has 1 fully saturated rings. The number of pyridine rings is 1. The zero-order valence-electron chi connectivity index (χ0n) is 12.7. The van der Waals surface area contributed by atoms with Gasteiger partial charge in [-0.15, -0.1) is 0 Å². The van der Waals surface area contributed by atoms with Crippen LogP contribution in [0.2, 0.25) is 0 Å². The molecule has 0 aliphatic carbocycles. The molecule has 1 aromatic heterocycles. The summed E-state index contributed by atoms with van der Waals surface area (Å²) >= 11 is 0. The van der Waals surface area contributed by atoms with E-state index in [0.29, 0.717) is 6.07 Å². The molecule has 0 bridgehead atoms. The number of sulfonamides is 1. The SMILES string of the molecule is O=S(=O)(Nc1ccc(N2CCNCC2)nc1)c1ccc(F)cc1F. The summed E-state index contributed by atoms with van der Waals surface area (Å²) in [6.07, 6.45) is 1.37. The van der Waals surface area contributed by atoms with Crippen molar-refractivity contribution < 1.29 is 17.2 Å². The largest absolute Gasteiger partial charge is 0.354 e. The van der Waals surface area contributed by atoms with E-state index in [1.807, 2.05) is 0 Å². The number of aromatic nitrogens is 1. The van der Waals surface area contributed by atoms with Crippen LogP contribution in [0.25, 0.3) is 0 Å². The minimum atomic E-state index is -4.15. The maximum absolute atomic E-state index is 13.7. The van der Waals surface area contributed by atoms with Crippen LogP contribution in [0.3, 0.4) is 0 Å². The second-order valence-electron chi connectivity index (χ2n) is 5.32. The predicted octanol–water partition coefficient (Wildman–Crippen LogP) is 1.57. The van der Waals surface area contributed by atoms with Gasteiger partial charge in [-0.25, -0.2) is 22.2 Å². The lowest BCUT2D eigenvalue weighted by atomic mass is 10.3. The Labute approximate surface area is 138 Å². The number of hydrogen-bond donors (Lipinski definition) is 2. The molecule has 0 amide bonds. The smallest absolute Gasteiger partial charge is 0.264 e. The van der Waals surface area contributed by atoms with Crippen molar-refractivity contribution in [3.8, 4) is 0 Å². The van der Waals surface area contributed by atoms with E-state index >= 15 is 0 Å². The van der Waals surface area contributed by atoms with Crippen molar-refractivity contribution in [3.05, 3.63) is 48.2 Å². The molecule has 1 aliphatic rings. The third kappa shape index (κ3) is 3.62. The Morgan fingerprint density at radius 3 is 2.50 bits per heavy atom. The van der Waals surface area contributed by atoms with E-state index in [0.717, 1.165) is 44.1 Å². The summed E-state index contributed by atoms with van der Waals surface area (Å²) in [6, 6.07) is 5.56. The molecule has 6 nitrogen and oxygen atoms in total. The van der Waals surface area contributed by atoms with E-state index in [9.17, 15) is 17.2 Å². The second kappa shape index (κ2) is 6.70. The van der Waals surface area contributed by atoms with Crippen LogP contribution in [0, 0.1) is 11.6 Å². The van der Waals surface area contributed by atoms with Crippen molar-refractivity contribution in [1.82, 2.24) is 10.3 Å². The second-order valence-corrected chi connectivity index (χ2v) is 6.97. The first kappa shape index (κ1) is 16.6. The molecule has 0 saturated carbocycles. The number of nitrogens with one attached hydrogen (secondary N) is 2. The van der Waals surface area contributed by atoms with Crippen LogP contribution in [0.1, 0.15) is 0 Å². The Balaban J connectivity index is 1.77. The molecule has 0 unspecified atom stereocenters. The van der Waals surface area contributed by atoms with Crippen molar-refractivity contribution in [3.63, 3.8) is 0 Å². The third-order valence-corrected chi connectivity index (χ3v) is 5.04. The van der Waals surface area contributed by atoms with Gasteiger partial charge in [0.1, 0.15) is 22.3 Å². The van der Waals surface area contributed by atoms with Crippen LogP contribution >= 0.6 is 0 Å². The molecule has 3 rings (SSSR count). The summed E-state index contributed by atoms with van der Waals surface area (Å²) in [6.45, 7) is 3.36. The minimum absolute atomic E-state index is 0.206. The molecule has 9 heteroatoms. The molecule has 128 valence electrons. The summed E-state index contributed by atoms with van der Waals surface area (Å²) in [4.78, 5) is 5.70. The highest BCUT2D eigenvalue weighted by atomic mass is 32.2. The zero-order valence-corrected chi connectivity index (χ0v) is 13.5. The fourth-order valence-electron chi connectivity index (χ4n) is 2.43.